The highest BCUT2D eigenvalue weighted by Crippen LogP contribution is 2.32. The summed E-state index contributed by atoms with van der Waals surface area (Å²) < 4.78 is 1.95. The first-order valence-electron chi connectivity index (χ1n) is 6.80. The van der Waals surface area contributed by atoms with E-state index in [0.29, 0.717) is 5.17 Å². The van der Waals surface area contributed by atoms with E-state index in [1.807, 2.05) is 42.1 Å². The van der Waals surface area contributed by atoms with Crippen LogP contribution < -0.4 is 5.32 Å². The van der Waals surface area contributed by atoms with Crippen molar-refractivity contribution in [3.05, 3.63) is 36.0 Å². The molecule has 0 spiro atoms. The molecule has 1 aromatic carbocycles. The second kappa shape index (κ2) is 5.49. The van der Waals surface area contributed by atoms with Gasteiger partial charge in [0.15, 0.2) is 11.2 Å². The highest BCUT2D eigenvalue weighted by Gasteiger charge is 2.36. The Kier molecular flexibility index (Phi) is 3.66. The first kappa shape index (κ1) is 14.6. The van der Waals surface area contributed by atoms with Gasteiger partial charge in [0, 0.05) is 36.6 Å². The monoisotopic (exact) mass is 316 g/mol. The van der Waals surface area contributed by atoms with Crippen molar-refractivity contribution in [2.45, 2.75) is 13.0 Å². The molecule has 7 heteroatoms. The molecular weight excluding hydrogens is 300 g/mol. The zero-order chi connectivity index (χ0) is 15.9. The Hall–Kier alpha value is -2.28. The number of nitrogens with zero attached hydrogens (tertiary/aromatic N) is 3. The average molecular weight is 316 g/mol. The Bertz CT molecular complexity index is 796. The minimum absolute atomic E-state index is 0.245. The Labute approximate surface area is 132 Å². The maximum atomic E-state index is 12.5. The molecule has 22 heavy (non-hydrogen) atoms. The zero-order valence-corrected chi connectivity index (χ0v) is 13.3. The van der Waals surface area contributed by atoms with E-state index in [9.17, 15) is 9.59 Å². The van der Waals surface area contributed by atoms with Crippen molar-refractivity contribution in [1.29, 1.82) is 0 Å². The van der Waals surface area contributed by atoms with Crippen LogP contribution in [0.2, 0.25) is 0 Å². The van der Waals surface area contributed by atoms with Gasteiger partial charge in [0.1, 0.15) is 0 Å². The molecule has 0 aliphatic carbocycles. The number of carbonyl (C=O) groups is 2. The number of hydrogen-bond acceptors (Lipinski definition) is 4. The van der Waals surface area contributed by atoms with Crippen molar-refractivity contribution in [2.24, 2.45) is 12.1 Å². The summed E-state index contributed by atoms with van der Waals surface area (Å²) in [4.78, 5) is 24.5. The summed E-state index contributed by atoms with van der Waals surface area (Å²) in [6.07, 6.45) is 3.68. The highest BCUT2D eigenvalue weighted by atomic mass is 32.2. The van der Waals surface area contributed by atoms with Crippen LogP contribution in [0.1, 0.15) is 18.5 Å². The number of aryl methyl sites for hydroxylation is 1. The molecule has 1 atom stereocenters. The molecule has 1 aliphatic heterocycles. The molecule has 1 aromatic heterocycles. The van der Waals surface area contributed by atoms with Crippen LogP contribution in [-0.2, 0) is 16.6 Å². The summed E-state index contributed by atoms with van der Waals surface area (Å²) in [5, 5.41) is 9.62. The second-order valence-corrected chi connectivity index (χ2v) is 5.87. The van der Waals surface area contributed by atoms with Gasteiger partial charge in [0.2, 0.25) is 5.91 Å². The number of hydrogen-bond donors (Lipinski definition) is 1. The standard InChI is InChI=1S/C15H16N4O2S/c1-9(20)19-13(14(21)16-15(17-19)22-3)11-8-18(2)12-7-5-4-6-10(11)12/h4-8,13H,1-3H3,(H,16,17,21). The summed E-state index contributed by atoms with van der Waals surface area (Å²) >= 11 is 1.30. The summed E-state index contributed by atoms with van der Waals surface area (Å²) in [5.74, 6) is -0.509. The molecule has 3 rings (SSSR count). The van der Waals surface area contributed by atoms with Crippen LogP contribution in [0, 0.1) is 0 Å². The van der Waals surface area contributed by atoms with Crippen LogP contribution in [0.25, 0.3) is 10.9 Å². The number of nitrogens with one attached hydrogen (secondary N) is 1. The maximum Gasteiger partial charge on any atom is 0.255 e. The molecule has 2 aromatic rings. The lowest BCUT2D eigenvalue weighted by molar-refractivity contribution is -0.139. The first-order chi connectivity index (χ1) is 10.5. The number of hydrazone groups is 1. The third-order valence-electron chi connectivity index (χ3n) is 3.66. The van der Waals surface area contributed by atoms with Crippen molar-refractivity contribution in [1.82, 2.24) is 14.9 Å². The van der Waals surface area contributed by atoms with Crippen molar-refractivity contribution in [3.63, 3.8) is 0 Å². The molecule has 2 heterocycles. The molecular formula is C15H16N4O2S. The van der Waals surface area contributed by atoms with Crippen molar-refractivity contribution in [3.8, 4) is 0 Å². The van der Waals surface area contributed by atoms with E-state index in [0.717, 1.165) is 16.5 Å². The van der Waals surface area contributed by atoms with Crippen molar-refractivity contribution in [2.75, 3.05) is 6.26 Å². The van der Waals surface area contributed by atoms with Gasteiger partial charge in [0.25, 0.3) is 5.91 Å². The topological polar surface area (TPSA) is 66.7 Å². The van der Waals surface area contributed by atoms with E-state index in [4.69, 9.17) is 0 Å². The molecule has 0 bridgehead atoms. The molecule has 0 saturated heterocycles. The minimum atomic E-state index is -0.750. The summed E-state index contributed by atoms with van der Waals surface area (Å²) in [6.45, 7) is 1.41. The van der Waals surface area contributed by atoms with Gasteiger partial charge in [0.05, 0.1) is 0 Å². The normalized spacial score (nSPS) is 18.3. The van der Waals surface area contributed by atoms with Crippen molar-refractivity contribution >= 4 is 39.6 Å². The number of fused-ring (bicyclic) bond motifs is 1. The lowest BCUT2D eigenvalue weighted by Crippen LogP contribution is -2.47. The lowest BCUT2D eigenvalue weighted by Gasteiger charge is -2.30. The predicted octanol–water partition coefficient (Wildman–Crippen LogP) is 1.83. The van der Waals surface area contributed by atoms with Crippen LogP contribution in [0.3, 0.4) is 0 Å². The molecule has 0 radical (unpaired) electrons. The van der Waals surface area contributed by atoms with Gasteiger partial charge in [-0.15, -0.1) is 5.10 Å². The van der Waals surface area contributed by atoms with Gasteiger partial charge in [-0.1, -0.05) is 30.0 Å². The number of amidine groups is 1. The first-order valence-corrected chi connectivity index (χ1v) is 8.02. The Balaban J connectivity index is 2.17. The zero-order valence-electron chi connectivity index (χ0n) is 12.5. The van der Waals surface area contributed by atoms with Crippen LogP contribution >= 0.6 is 11.8 Å². The summed E-state index contributed by atoms with van der Waals surface area (Å²) in [5.41, 5.74) is 1.78. The van der Waals surface area contributed by atoms with Gasteiger partial charge >= 0.3 is 0 Å². The van der Waals surface area contributed by atoms with E-state index >= 15 is 0 Å². The number of aromatic nitrogens is 1. The molecule has 1 N–H and O–H groups in total. The molecule has 114 valence electrons. The quantitative estimate of drug-likeness (QED) is 0.873. The number of benzene rings is 1. The SMILES string of the molecule is CSC1=NN(C(C)=O)C(c2cn(C)c3ccccc23)C(=O)N1. The van der Waals surface area contributed by atoms with Gasteiger partial charge < -0.3 is 9.88 Å². The van der Waals surface area contributed by atoms with Gasteiger partial charge in [-0.05, 0) is 12.3 Å². The van der Waals surface area contributed by atoms with E-state index in [2.05, 4.69) is 10.4 Å². The fourth-order valence-electron chi connectivity index (χ4n) is 2.67. The third-order valence-corrected chi connectivity index (χ3v) is 4.23. The molecule has 2 amide bonds. The van der Waals surface area contributed by atoms with Crippen LogP contribution in [0.5, 0.6) is 0 Å². The van der Waals surface area contributed by atoms with E-state index in [-0.39, 0.29) is 11.8 Å². The molecule has 0 saturated carbocycles. The van der Waals surface area contributed by atoms with E-state index in [1.165, 1.54) is 23.7 Å². The number of para-hydroxylation sites is 1. The number of carbonyl (C=O) groups excluding carboxylic acids is 2. The van der Waals surface area contributed by atoms with Crippen LogP contribution in [0.15, 0.2) is 35.6 Å². The van der Waals surface area contributed by atoms with Gasteiger partial charge in [-0.2, -0.15) is 0 Å². The second-order valence-electron chi connectivity index (χ2n) is 5.08. The highest BCUT2D eigenvalue weighted by molar-refractivity contribution is 8.13. The third kappa shape index (κ3) is 2.27. The summed E-state index contributed by atoms with van der Waals surface area (Å²) in [6, 6.07) is 7.04. The number of rotatable bonds is 1. The van der Waals surface area contributed by atoms with E-state index < -0.39 is 6.04 Å². The summed E-state index contributed by atoms with van der Waals surface area (Å²) in [7, 11) is 1.92. The molecule has 0 fully saturated rings. The number of thioether (sulfide) groups is 1. The average Bonchev–Trinajstić information content (AvgIpc) is 2.83. The Morgan fingerprint density at radius 1 is 1.36 bits per heavy atom. The van der Waals surface area contributed by atoms with Crippen LogP contribution in [-0.4, -0.2) is 32.8 Å². The van der Waals surface area contributed by atoms with Crippen LogP contribution in [0.4, 0.5) is 0 Å². The molecule has 1 unspecified atom stereocenters. The Morgan fingerprint density at radius 3 is 2.77 bits per heavy atom. The van der Waals surface area contributed by atoms with Gasteiger partial charge in [-0.3, -0.25) is 9.59 Å². The Morgan fingerprint density at radius 2 is 2.09 bits per heavy atom. The van der Waals surface area contributed by atoms with Gasteiger partial charge in [-0.25, -0.2) is 5.01 Å². The molecule has 6 nitrogen and oxygen atoms in total. The molecule has 1 aliphatic rings. The van der Waals surface area contributed by atoms with E-state index in [1.54, 1.807) is 6.26 Å². The smallest absolute Gasteiger partial charge is 0.255 e. The number of amides is 2. The maximum absolute atomic E-state index is 12.5. The predicted molar refractivity (Wildman–Crippen MR) is 87.3 cm³/mol. The lowest BCUT2D eigenvalue weighted by atomic mass is 10.0. The minimum Gasteiger partial charge on any atom is -0.350 e. The fraction of sp³-hybridized carbons (Fsp3) is 0.267. The fourth-order valence-corrected chi connectivity index (χ4v) is 3.05. The van der Waals surface area contributed by atoms with Crippen molar-refractivity contribution < 1.29 is 9.59 Å². The largest absolute Gasteiger partial charge is 0.350 e.